The molecule has 2 heterocycles. The number of nitrogens with one attached hydrogen (secondary N) is 1. The van der Waals surface area contributed by atoms with Crippen molar-refractivity contribution in [3.8, 4) is 16.9 Å². The van der Waals surface area contributed by atoms with E-state index < -0.39 is 17.6 Å². The number of nitrogens with zero attached hydrogens (tertiary/aromatic N) is 3. The van der Waals surface area contributed by atoms with Gasteiger partial charge in [-0.2, -0.15) is 5.10 Å². The van der Waals surface area contributed by atoms with Gasteiger partial charge in [0.1, 0.15) is 11.6 Å². The van der Waals surface area contributed by atoms with Crippen LogP contribution in [-0.4, -0.2) is 46.0 Å². The van der Waals surface area contributed by atoms with E-state index in [9.17, 15) is 14.4 Å². The van der Waals surface area contributed by atoms with Crippen molar-refractivity contribution in [3.63, 3.8) is 0 Å². The van der Waals surface area contributed by atoms with Crippen molar-refractivity contribution in [3.05, 3.63) is 70.9 Å². The maximum atomic E-state index is 13.3. The fourth-order valence-electron chi connectivity index (χ4n) is 4.70. The second kappa shape index (κ2) is 9.40. The van der Waals surface area contributed by atoms with E-state index in [2.05, 4.69) is 10.4 Å². The van der Waals surface area contributed by atoms with E-state index in [0.29, 0.717) is 23.3 Å². The van der Waals surface area contributed by atoms with Crippen LogP contribution in [0, 0.1) is 5.92 Å². The molecule has 0 aliphatic heterocycles. The molecule has 3 atom stereocenters. The minimum absolute atomic E-state index is 0.0199. The van der Waals surface area contributed by atoms with Crippen molar-refractivity contribution in [1.82, 2.24) is 19.7 Å². The average molecular weight is 479 g/mol. The van der Waals surface area contributed by atoms with Crippen LogP contribution in [0.2, 0.25) is 0 Å². The zero-order chi connectivity index (χ0) is 25.3. The Kier molecular flexibility index (Phi) is 6.51. The first-order chi connectivity index (χ1) is 16.7. The molecule has 0 bridgehead atoms. The van der Waals surface area contributed by atoms with Gasteiger partial charge in [0, 0.05) is 25.4 Å². The average Bonchev–Trinajstić information content (AvgIpc) is 3.31. The highest BCUT2D eigenvalue weighted by Crippen LogP contribution is 2.52. The van der Waals surface area contributed by atoms with Crippen LogP contribution in [0.5, 0.6) is 5.75 Å². The largest absolute Gasteiger partial charge is 0.494 e. The summed E-state index contributed by atoms with van der Waals surface area (Å²) in [6.45, 7) is 3.94. The van der Waals surface area contributed by atoms with Gasteiger partial charge in [-0.05, 0) is 35.6 Å². The van der Waals surface area contributed by atoms with Crippen molar-refractivity contribution >= 4 is 11.9 Å². The zero-order valence-electron chi connectivity index (χ0n) is 20.5. The number of hydrogen-bond acceptors (Lipinski definition) is 6. The monoisotopic (exact) mass is 478 g/mol. The standard InChI is InChI=1S/C26H30N4O5/c1-16(2)22(30-12-6-7-13-30)23(31)28-26(25(33)35-5)14-19(26)17-8-10-18(11-9-17)21-20(34-4)15-27-29(3)24(21)32/h6-13,15-16,19,22H,14H2,1-5H3,(H,28,31)/t19?,22-,26-/m1/s1. The molecule has 3 aromatic rings. The van der Waals surface area contributed by atoms with E-state index in [-0.39, 0.29) is 23.3 Å². The summed E-state index contributed by atoms with van der Waals surface area (Å²) in [5.74, 6) is -0.544. The molecule has 1 aliphatic rings. The van der Waals surface area contributed by atoms with Gasteiger partial charge in [-0.15, -0.1) is 0 Å². The first kappa shape index (κ1) is 24.3. The van der Waals surface area contributed by atoms with Crippen LogP contribution in [0.15, 0.2) is 59.8 Å². The molecule has 0 spiro atoms. The molecular weight excluding hydrogens is 448 g/mol. The van der Waals surface area contributed by atoms with Crippen molar-refractivity contribution in [2.45, 2.75) is 37.8 Å². The lowest BCUT2D eigenvalue weighted by Crippen LogP contribution is -2.48. The summed E-state index contributed by atoms with van der Waals surface area (Å²) in [5.41, 5.74) is 0.551. The first-order valence-corrected chi connectivity index (χ1v) is 11.5. The molecule has 1 unspecified atom stereocenters. The van der Waals surface area contributed by atoms with E-state index in [0.717, 1.165) is 5.56 Å². The van der Waals surface area contributed by atoms with Gasteiger partial charge >= 0.3 is 5.97 Å². The third kappa shape index (κ3) is 4.34. The summed E-state index contributed by atoms with van der Waals surface area (Å²) in [7, 11) is 4.39. The molecule has 35 heavy (non-hydrogen) atoms. The SMILES string of the molecule is COC(=O)[C@@]1(NC(=O)[C@@H](C(C)C)n2cccc2)CC1c1ccc(-c2c(OC)cnn(C)c2=O)cc1. The number of rotatable bonds is 8. The van der Waals surface area contributed by atoms with E-state index in [4.69, 9.17) is 9.47 Å². The number of carbonyl (C=O) groups is 2. The number of amides is 1. The van der Waals surface area contributed by atoms with Gasteiger partial charge in [-0.25, -0.2) is 9.48 Å². The lowest BCUT2D eigenvalue weighted by Gasteiger charge is -2.25. The van der Waals surface area contributed by atoms with E-state index in [1.807, 2.05) is 67.2 Å². The molecule has 1 aliphatic carbocycles. The smallest absolute Gasteiger partial charge is 0.332 e. The molecule has 1 N–H and O–H groups in total. The Morgan fingerprint density at radius 1 is 1.14 bits per heavy atom. The molecule has 9 heteroatoms. The van der Waals surface area contributed by atoms with Crippen molar-refractivity contribution in [1.29, 1.82) is 0 Å². The molecule has 1 fully saturated rings. The number of aryl methyl sites for hydroxylation is 1. The molecule has 1 aromatic carbocycles. The van der Waals surface area contributed by atoms with E-state index in [1.165, 1.54) is 25.1 Å². The second-order valence-electron chi connectivity index (χ2n) is 9.17. The van der Waals surface area contributed by atoms with Crippen molar-refractivity contribution < 1.29 is 19.1 Å². The maximum Gasteiger partial charge on any atom is 0.332 e. The molecule has 1 saturated carbocycles. The van der Waals surface area contributed by atoms with Crippen LogP contribution < -0.4 is 15.6 Å². The topological polar surface area (TPSA) is 104 Å². The number of carbonyl (C=O) groups excluding carboxylic acids is 2. The second-order valence-corrected chi connectivity index (χ2v) is 9.17. The van der Waals surface area contributed by atoms with E-state index >= 15 is 0 Å². The molecule has 4 rings (SSSR count). The number of hydrogen-bond donors (Lipinski definition) is 1. The van der Waals surface area contributed by atoms with Crippen molar-refractivity contribution in [2.24, 2.45) is 13.0 Å². The number of ether oxygens (including phenoxy) is 2. The summed E-state index contributed by atoms with van der Waals surface area (Å²) in [5, 5.41) is 7.00. The number of methoxy groups -OCH3 is 2. The van der Waals surface area contributed by atoms with Gasteiger partial charge in [0.2, 0.25) is 5.91 Å². The summed E-state index contributed by atoms with van der Waals surface area (Å²) in [6.07, 6.45) is 5.62. The van der Waals surface area contributed by atoms with Gasteiger partial charge < -0.3 is 19.4 Å². The van der Waals surface area contributed by atoms with Gasteiger partial charge in [0.05, 0.1) is 26.0 Å². The molecule has 2 aromatic heterocycles. The first-order valence-electron chi connectivity index (χ1n) is 11.5. The van der Waals surface area contributed by atoms with Crippen LogP contribution >= 0.6 is 0 Å². The predicted octanol–water partition coefficient (Wildman–Crippen LogP) is 2.67. The summed E-state index contributed by atoms with van der Waals surface area (Å²) >= 11 is 0. The molecule has 0 radical (unpaired) electrons. The molecular formula is C26H30N4O5. The number of esters is 1. The Labute approximate surface area is 203 Å². The van der Waals surface area contributed by atoms with Crippen LogP contribution in [-0.2, 0) is 21.4 Å². The third-order valence-electron chi connectivity index (χ3n) is 6.63. The van der Waals surface area contributed by atoms with Crippen molar-refractivity contribution in [2.75, 3.05) is 14.2 Å². The normalized spacial score (nSPS) is 19.8. The highest BCUT2D eigenvalue weighted by molar-refractivity contribution is 5.94. The fraction of sp³-hybridized carbons (Fsp3) is 0.385. The van der Waals surface area contributed by atoms with Crippen LogP contribution in [0.1, 0.15) is 37.8 Å². The Morgan fingerprint density at radius 3 is 2.37 bits per heavy atom. The summed E-state index contributed by atoms with van der Waals surface area (Å²) in [6, 6.07) is 10.6. The van der Waals surface area contributed by atoms with Gasteiger partial charge in [0.15, 0.2) is 5.75 Å². The lowest BCUT2D eigenvalue weighted by molar-refractivity contribution is -0.147. The minimum atomic E-state index is -1.13. The Hall–Kier alpha value is -3.88. The molecule has 0 saturated heterocycles. The van der Waals surface area contributed by atoms with Crippen LogP contribution in [0.25, 0.3) is 11.1 Å². The van der Waals surface area contributed by atoms with Crippen LogP contribution in [0.3, 0.4) is 0 Å². The Morgan fingerprint density at radius 2 is 1.80 bits per heavy atom. The lowest BCUT2D eigenvalue weighted by atomic mass is 9.99. The van der Waals surface area contributed by atoms with Crippen LogP contribution in [0.4, 0.5) is 0 Å². The highest BCUT2D eigenvalue weighted by Gasteiger charge is 2.63. The maximum absolute atomic E-state index is 13.3. The molecule has 9 nitrogen and oxygen atoms in total. The summed E-state index contributed by atoms with van der Waals surface area (Å²) in [4.78, 5) is 38.8. The van der Waals surface area contributed by atoms with Gasteiger partial charge in [-0.3, -0.25) is 9.59 Å². The highest BCUT2D eigenvalue weighted by atomic mass is 16.5. The molecule has 1 amide bonds. The minimum Gasteiger partial charge on any atom is -0.494 e. The van der Waals surface area contributed by atoms with E-state index in [1.54, 1.807) is 7.05 Å². The zero-order valence-corrected chi connectivity index (χ0v) is 20.5. The third-order valence-corrected chi connectivity index (χ3v) is 6.63. The van der Waals surface area contributed by atoms with Gasteiger partial charge in [0.25, 0.3) is 5.56 Å². The summed E-state index contributed by atoms with van der Waals surface area (Å²) < 4.78 is 13.5. The quantitative estimate of drug-likeness (QED) is 0.499. The predicted molar refractivity (Wildman–Crippen MR) is 130 cm³/mol. The number of aromatic nitrogens is 3. The molecule has 184 valence electrons. The number of benzene rings is 1. The fourth-order valence-corrected chi connectivity index (χ4v) is 4.70. The Bertz CT molecular complexity index is 1280. The van der Waals surface area contributed by atoms with Gasteiger partial charge in [-0.1, -0.05) is 38.1 Å². The Balaban J connectivity index is 1.61.